The van der Waals surface area contributed by atoms with E-state index in [1.807, 2.05) is 20.8 Å². The molecule has 0 spiro atoms. The van der Waals surface area contributed by atoms with E-state index in [1.165, 1.54) is 12.1 Å². The van der Waals surface area contributed by atoms with Crippen LogP contribution in [0.15, 0.2) is 47.3 Å². The number of ketones is 1. The van der Waals surface area contributed by atoms with Crippen LogP contribution in [0.25, 0.3) is 0 Å². The number of hydrogen-bond acceptors (Lipinski definition) is 5. The van der Waals surface area contributed by atoms with E-state index >= 15 is 0 Å². The summed E-state index contributed by atoms with van der Waals surface area (Å²) in [5.41, 5.74) is 0.559. The van der Waals surface area contributed by atoms with Gasteiger partial charge in [0.05, 0.1) is 21.9 Å². The summed E-state index contributed by atoms with van der Waals surface area (Å²) in [6, 6.07) is 4.51. The normalized spacial score (nSPS) is 16.8. The van der Waals surface area contributed by atoms with Crippen molar-refractivity contribution in [1.29, 1.82) is 0 Å². The topological polar surface area (TPSA) is 65.0 Å². The van der Waals surface area contributed by atoms with Crippen LogP contribution >= 0.6 is 23.2 Å². The summed E-state index contributed by atoms with van der Waals surface area (Å²) in [6.07, 6.45) is 2.74. The van der Waals surface area contributed by atoms with Crippen LogP contribution in [0.1, 0.15) is 50.4 Å². The number of ether oxygens (including phenoxy) is 1. The Morgan fingerprint density at radius 1 is 1.32 bits per heavy atom. The second kappa shape index (κ2) is 9.39. The molecule has 0 atom stereocenters. The summed E-state index contributed by atoms with van der Waals surface area (Å²) in [4.78, 5) is 30.7. The molecule has 0 saturated heterocycles. The minimum atomic E-state index is -0.651. The lowest BCUT2D eigenvalue weighted by Gasteiger charge is -2.31. The fourth-order valence-electron chi connectivity index (χ4n) is 2.95. The molecule has 5 nitrogen and oxygen atoms in total. The molecule has 0 aromatic heterocycles. The van der Waals surface area contributed by atoms with Crippen LogP contribution in [-0.2, 0) is 14.4 Å². The van der Waals surface area contributed by atoms with E-state index in [1.54, 1.807) is 12.1 Å². The maximum atomic E-state index is 12.8. The lowest BCUT2D eigenvalue weighted by Crippen LogP contribution is -2.31. The summed E-state index contributed by atoms with van der Waals surface area (Å²) in [7, 11) is 0. The third-order valence-electron chi connectivity index (χ3n) is 4.19. The van der Waals surface area contributed by atoms with Crippen LogP contribution in [0.3, 0.4) is 0 Å². The minimum Gasteiger partial charge on any atom is -0.427 e. The average molecular weight is 424 g/mol. The van der Waals surface area contributed by atoms with Gasteiger partial charge in [-0.05, 0) is 30.0 Å². The number of hydrogen-bond donors (Lipinski definition) is 0. The summed E-state index contributed by atoms with van der Waals surface area (Å²) in [5.74, 6) is -0.508. The number of allylic oxidation sites excluding steroid dienone is 2. The fourth-order valence-corrected chi connectivity index (χ4v) is 3.44. The first kappa shape index (κ1) is 22.2. The van der Waals surface area contributed by atoms with Crippen LogP contribution in [0, 0.1) is 5.41 Å². The first-order chi connectivity index (χ1) is 13.2. The van der Waals surface area contributed by atoms with E-state index in [2.05, 4.69) is 11.7 Å². The molecule has 0 amide bonds. The summed E-state index contributed by atoms with van der Waals surface area (Å²) < 4.78 is 5.64. The van der Waals surface area contributed by atoms with Crippen LogP contribution in [0.5, 0.6) is 0 Å². The monoisotopic (exact) mass is 423 g/mol. The molecular formula is C21H23Cl2NO4. The van der Waals surface area contributed by atoms with Gasteiger partial charge >= 0.3 is 5.97 Å². The molecule has 1 aromatic rings. The number of benzene rings is 1. The van der Waals surface area contributed by atoms with Crippen molar-refractivity contribution in [3.05, 3.63) is 57.8 Å². The summed E-state index contributed by atoms with van der Waals surface area (Å²) in [6.45, 7) is 9.53. The van der Waals surface area contributed by atoms with Crippen molar-refractivity contribution in [2.45, 2.75) is 40.0 Å². The largest absolute Gasteiger partial charge is 0.427 e. The molecule has 1 aliphatic rings. The van der Waals surface area contributed by atoms with Gasteiger partial charge in [-0.25, -0.2) is 4.79 Å². The zero-order valence-electron chi connectivity index (χ0n) is 16.2. The van der Waals surface area contributed by atoms with Crippen molar-refractivity contribution in [2.24, 2.45) is 10.6 Å². The van der Waals surface area contributed by atoms with Gasteiger partial charge in [0.25, 0.3) is 0 Å². The Kier molecular flexibility index (Phi) is 7.44. The first-order valence-electron chi connectivity index (χ1n) is 8.92. The van der Waals surface area contributed by atoms with Gasteiger partial charge in [0.2, 0.25) is 0 Å². The lowest BCUT2D eigenvalue weighted by atomic mass is 9.75. The Morgan fingerprint density at radius 3 is 2.64 bits per heavy atom. The van der Waals surface area contributed by atoms with Gasteiger partial charge in [-0.3, -0.25) is 4.79 Å². The predicted octanol–water partition coefficient (Wildman–Crippen LogP) is 5.76. The number of halogens is 2. The summed E-state index contributed by atoms with van der Waals surface area (Å²) in [5, 5.41) is 4.64. The van der Waals surface area contributed by atoms with Crippen molar-refractivity contribution < 1.29 is 19.2 Å². The van der Waals surface area contributed by atoms with E-state index < -0.39 is 5.97 Å². The highest BCUT2D eigenvalue weighted by atomic mass is 35.5. The SMILES string of the molecule is C=CCO/N=C(/CC)C1=C(OC(=O)c2ccc(Cl)cc2Cl)CC(C)(C)CC1=O. The number of nitrogens with zero attached hydrogens (tertiary/aromatic N) is 1. The molecule has 150 valence electrons. The third-order valence-corrected chi connectivity index (χ3v) is 4.74. The summed E-state index contributed by atoms with van der Waals surface area (Å²) >= 11 is 12.0. The Balaban J connectivity index is 2.45. The van der Waals surface area contributed by atoms with Gasteiger partial charge in [0.15, 0.2) is 5.78 Å². The molecule has 0 aliphatic heterocycles. The fraction of sp³-hybridized carbons (Fsp3) is 0.381. The second-order valence-corrected chi connectivity index (χ2v) is 8.07. The highest BCUT2D eigenvalue weighted by Gasteiger charge is 2.37. The van der Waals surface area contributed by atoms with Crippen LogP contribution in [0.4, 0.5) is 0 Å². The van der Waals surface area contributed by atoms with E-state index in [0.29, 0.717) is 35.6 Å². The highest BCUT2D eigenvalue weighted by molar-refractivity contribution is 6.36. The molecule has 2 rings (SSSR count). The van der Waals surface area contributed by atoms with E-state index in [4.69, 9.17) is 32.8 Å². The smallest absolute Gasteiger partial charge is 0.344 e. The van der Waals surface area contributed by atoms with Gasteiger partial charge in [0.1, 0.15) is 12.4 Å². The second-order valence-electron chi connectivity index (χ2n) is 7.23. The molecule has 1 aliphatic carbocycles. The average Bonchev–Trinajstić information content (AvgIpc) is 2.58. The maximum Gasteiger partial charge on any atom is 0.344 e. The number of Topliss-reactive ketones (excluding diaryl/α,β-unsaturated/α-hetero) is 1. The van der Waals surface area contributed by atoms with Crippen molar-refractivity contribution in [3.63, 3.8) is 0 Å². The number of carbonyl (C=O) groups is 2. The van der Waals surface area contributed by atoms with Gasteiger partial charge in [-0.2, -0.15) is 0 Å². The minimum absolute atomic E-state index is 0.135. The maximum absolute atomic E-state index is 12.8. The van der Waals surface area contributed by atoms with Crippen LogP contribution in [0.2, 0.25) is 10.0 Å². The first-order valence-corrected chi connectivity index (χ1v) is 9.67. The molecule has 7 heteroatoms. The van der Waals surface area contributed by atoms with E-state index in [-0.39, 0.29) is 34.2 Å². The molecule has 0 unspecified atom stereocenters. The Labute approximate surface area is 175 Å². The number of oxime groups is 1. The van der Waals surface area contributed by atoms with Crippen molar-refractivity contribution in [2.75, 3.05) is 6.61 Å². The predicted molar refractivity (Wildman–Crippen MR) is 111 cm³/mol. The van der Waals surface area contributed by atoms with E-state index in [0.717, 1.165) is 0 Å². The lowest BCUT2D eigenvalue weighted by molar-refractivity contribution is -0.118. The molecule has 0 bridgehead atoms. The van der Waals surface area contributed by atoms with Crippen LogP contribution < -0.4 is 0 Å². The molecule has 0 radical (unpaired) electrons. The molecule has 28 heavy (non-hydrogen) atoms. The Bertz CT molecular complexity index is 856. The molecule has 0 saturated carbocycles. The zero-order valence-corrected chi connectivity index (χ0v) is 17.7. The number of carbonyl (C=O) groups excluding carboxylic acids is 2. The zero-order chi connectivity index (χ0) is 20.9. The standard InChI is InChI=1S/C21H23Cl2NO4/c1-5-9-27-24-16(6-2)19-17(25)11-21(3,4)12-18(19)28-20(26)14-8-7-13(22)10-15(14)23/h5,7-8,10H,1,6,9,11-12H2,2-4H3/b24-16-. The quantitative estimate of drug-likeness (QED) is 0.184. The molecule has 0 fully saturated rings. The molecular weight excluding hydrogens is 401 g/mol. The molecule has 0 heterocycles. The van der Waals surface area contributed by atoms with Crippen molar-refractivity contribution in [3.8, 4) is 0 Å². The Morgan fingerprint density at radius 2 is 2.04 bits per heavy atom. The number of esters is 1. The number of rotatable bonds is 7. The van der Waals surface area contributed by atoms with Gasteiger partial charge < -0.3 is 9.57 Å². The van der Waals surface area contributed by atoms with E-state index in [9.17, 15) is 9.59 Å². The van der Waals surface area contributed by atoms with Gasteiger partial charge in [0, 0.05) is 17.9 Å². The van der Waals surface area contributed by atoms with Crippen molar-refractivity contribution in [1.82, 2.24) is 0 Å². The highest BCUT2D eigenvalue weighted by Crippen LogP contribution is 2.38. The van der Waals surface area contributed by atoms with Gasteiger partial charge in [-0.15, -0.1) is 0 Å². The Hall–Kier alpha value is -2.11. The third kappa shape index (κ3) is 5.46. The van der Waals surface area contributed by atoms with Gasteiger partial charge in [-0.1, -0.05) is 61.8 Å². The van der Waals surface area contributed by atoms with Crippen molar-refractivity contribution >= 4 is 40.7 Å². The molecule has 0 N–H and O–H groups in total. The molecule has 1 aromatic carbocycles. The van der Waals surface area contributed by atoms with Crippen LogP contribution in [-0.4, -0.2) is 24.1 Å².